The molecular formula is C16H20ClN3O. The Hall–Kier alpha value is -1.81. The van der Waals surface area contributed by atoms with E-state index < -0.39 is 0 Å². The van der Waals surface area contributed by atoms with Gasteiger partial charge in [0.05, 0.1) is 12.3 Å². The number of hydrogen-bond acceptors (Lipinski definition) is 4. The highest BCUT2D eigenvalue weighted by Gasteiger charge is 2.13. The van der Waals surface area contributed by atoms with Crippen LogP contribution in [0.15, 0.2) is 24.3 Å². The van der Waals surface area contributed by atoms with E-state index in [1.54, 1.807) is 0 Å². The first-order valence-corrected chi connectivity index (χ1v) is 7.43. The zero-order valence-electron chi connectivity index (χ0n) is 12.8. The van der Waals surface area contributed by atoms with Crippen molar-refractivity contribution in [2.75, 3.05) is 11.9 Å². The van der Waals surface area contributed by atoms with E-state index in [4.69, 9.17) is 16.3 Å². The molecule has 4 nitrogen and oxygen atoms in total. The Bertz CT molecular complexity index is 629. The molecule has 0 amide bonds. The Labute approximate surface area is 130 Å². The fourth-order valence-electron chi connectivity index (χ4n) is 1.86. The second kappa shape index (κ2) is 6.76. The summed E-state index contributed by atoms with van der Waals surface area (Å²) in [5.41, 5.74) is 1.69. The second-order valence-electron chi connectivity index (χ2n) is 5.06. The van der Waals surface area contributed by atoms with Crippen LogP contribution in [0.4, 0.5) is 11.5 Å². The van der Waals surface area contributed by atoms with Crippen molar-refractivity contribution in [2.45, 2.75) is 33.6 Å². The molecule has 0 fully saturated rings. The van der Waals surface area contributed by atoms with Crippen LogP contribution in [-0.4, -0.2) is 16.6 Å². The lowest BCUT2D eigenvalue weighted by Gasteiger charge is -2.15. The third-order valence-corrected chi connectivity index (χ3v) is 3.43. The number of rotatable bonds is 5. The van der Waals surface area contributed by atoms with Gasteiger partial charge in [0.25, 0.3) is 0 Å². The van der Waals surface area contributed by atoms with Crippen molar-refractivity contribution in [2.24, 2.45) is 0 Å². The minimum atomic E-state index is 0.214. The molecule has 0 saturated carbocycles. The van der Waals surface area contributed by atoms with Crippen molar-refractivity contribution in [1.29, 1.82) is 0 Å². The van der Waals surface area contributed by atoms with E-state index >= 15 is 0 Å². The number of aromatic nitrogens is 2. The first-order valence-electron chi connectivity index (χ1n) is 7.05. The highest BCUT2D eigenvalue weighted by atomic mass is 35.5. The van der Waals surface area contributed by atoms with Gasteiger partial charge in [-0.25, -0.2) is 9.97 Å². The normalized spacial score (nSPS) is 10.8. The largest absolute Gasteiger partial charge is 0.492 e. The zero-order chi connectivity index (χ0) is 15.4. The molecule has 1 heterocycles. The first-order chi connectivity index (χ1) is 10.0. The number of para-hydroxylation sites is 2. The van der Waals surface area contributed by atoms with Crippen LogP contribution in [0.5, 0.6) is 5.75 Å². The van der Waals surface area contributed by atoms with Crippen LogP contribution in [0.1, 0.15) is 38.1 Å². The Kier molecular flexibility index (Phi) is 5.02. The van der Waals surface area contributed by atoms with Gasteiger partial charge in [0.2, 0.25) is 0 Å². The smallest absolute Gasteiger partial charge is 0.142 e. The maximum absolute atomic E-state index is 6.21. The van der Waals surface area contributed by atoms with Gasteiger partial charge < -0.3 is 10.1 Å². The summed E-state index contributed by atoms with van der Waals surface area (Å²) in [6.45, 7) is 8.55. The molecule has 21 heavy (non-hydrogen) atoms. The molecule has 0 aliphatic heterocycles. The Balaban J connectivity index is 2.39. The van der Waals surface area contributed by atoms with Crippen molar-refractivity contribution >= 4 is 23.1 Å². The summed E-state index contributed by atoms with van der Waals surface area (Å²) in [4.78, 5) is 8.88. The standard InChI is InChI=1S/C16H20ClN3O/c1-5-21-13-9-7-6-8-12(13)18-16-11(4)14(17)19-15(20-16)10(2)3/h6-10H,5H2,1-4H3,(H,18,19,20). The minimum absolute atomic E-state index is 0.214. The predicted molar refractivity (Wildman–Crippen MR) is 86.8 cm³/mol. The number of benzene rings is 1. The quantitative estimate of drug-likeness (QED) is 0.813. The number of nitrogens with one attached hydrogen (secondary N) is 1. The van der Waals surface area contributed by atoms with Crippen molar-refractivity contribution in [1.82, 2.24) is 9.97 Å². The number of nitrogens with zero attached hydrogens (tertiary/aromatic N) is 2. The van der Waals surface area contributed by atoms with Gasteiger partial charge in [-0.05, 0) is 26.0 Å². The van der Waals surface area contributed by atoms with E-state index in [1.807, 2.05) is 52.0 Å². The van der Waals surface area contributed by atoms with E-state index in [-0.39, 0.29) is 5.92 Å². The molecule has 0 saturated heterocycles. The summed E-state index contributed by atoms with van der Waals surface area (Å²) in [6.07, 6.45) is 0. The molecule has 0 aliphatic rings. The molecule has 2 rings (SSSR count). The maximum Gasteiger partial charge on any atom is 0.142 e. The van der Waals surface area contributed by atoms with Crippen molar-refractivity contribution in [3.63, 3.8) is 0 Å². The molecular weight excluding hydrogens is 286 g/mol. The van der Waals surface area contributed by atoms with E-state index in [0.29, 0.717) is 17.6 Å². The van der Waals surface area contributed by atoms with E-state index in [0.717, 1.165) is 22.8 Å². The number of anilines is 2. The van der Waals surface area contributed by atoms with Gasteiger partial charge in [-0.3, -0.25) is 0 Å². The van der Waals surface area contributed by atoms with Crippen LogP contribution in [0.2, 0.25) is 5.15 Å². The molecule has 0 atom stereocenters. The number of hydrogen-bond donors (Lipinski definition) is 1. The second-order valence-corrected chi connectivity index (χ2v) is 5.41. The lowest BCUT2D eigenvalue weighted by atomic mass is 10.2. The van der Waals surface area contributed by atoms with E-state index in [1.165, 1.54) is 0 Å². The molecule has 0 radical (unpaired) electrons. The van der Waals surface area contributed by atoms with Gasteiger partial charge in [0, 0.05) is 11.5 Å². The zero-order valence-corrected chi connectivity index (χ0v) is 13.5. The van der Waals surface area contributed by atoms with Crippen molar-refractivity contribution in [3.8, 4) is 5.75 Å². The highest BCUT2D eigenvalue weighted by molar-refractivity contribution is 6.30. The molecule has 0 aliphatic carbocycles. The average molecular weight is 306 g/mol. The molecule has 0 spiro atoms. The maximum atomic E-state index is 6.21. The number of halogens is 1. The third kappa shape index (κ3) is 3.64. The van der Waals surface area contributed by atoms with E-state index in [9.17, 15) is 0 Å². The molecule has 0 unspecified atom stereocenters. The summed E-state index contributed by atoms with van der Waals surface area (Å²) >= 11 is 6.21. The van der Waals surface area contributed by atoms with Gasteiger partial charge in [-0.15, -0.1) is 0 Å². The summed E-state index contributed by atoms with van der Waals surface area (Å²) in [6, 6.07) is 7.77. The van der Waals surface area contributed by atoms with Crippen LogP contribution >= 0.6 is 11.6 Å². The van der Waals surface area contributed by atoms with E-state index in [2.05, 4.69) is 15.3 Å². The van der Waals surface area contributed by atoms with Crippen LogP contribution in [0.25, 0.3) is 0 Å². The van der Waals surface area contributed by atoms with Crippen molar-refractivity contribution in [3.05, 3.63) is 40.8 Å². The van der Waals surface area contributed by atoms with Gasteiger partial charge >= 0.3 is 0 Å². The summed E-state index contributed by atoms with van der Waals surface area (Å²) in [7, 11) is 0. The van der Waals surface area contributed by atoms with Crippen LogP contribution in [-0.2, 0) is 0 Å². The lowest BCUT2D eigenvalue weighted by molar-refractivity contribution is 0.342. The highest BCUT2D eigenvalue weighted by Crippen LogP contribution is 2.30. The van der Waals surface area contributed by atoms with Crippen molar-refractivity contribution < 1.29 is 4.74 Å². The van der Waals surface area contributed by atoms with Gasteiger partial charge in [-0.2, -0.15) is 0 Å². The lowest BCUT2D eigenvalue weighted by Crippen LogP contribution is -2.06. The molecule has 1 aromatic carbocycles. The Morgan fingerprint density at radius 1 is 1.24 bits per heavy atom. The molecule has 2 aromatic rings. The monoisotopic (exact) mass is 305 g/mol. The molecule has 1 N–H and O–H groups in total. The topological polar surface area (TPSA) is 47.0 Å². The average Bonchev–Trinajstić information content (AvgIpc) is 2.45. The van der Waals surface area contributed by atoms with Gasteiger partial charge in [0.1, 0.15) is 22.5 Å². The Morgan fingerprint density at radius 2 is 1.95 bits per heavy atom. The van der Waals surface area contributed by atoms with Crippen LogP contribution in [0, 0.1) is 6.92 Å². The Morgan fingerprint density at radius 3 is 2.62 bits per heavy atom. The summed E-state index contributed by atoms with van der Waals surface area (Å²) in [5, 5.41) is 3.78. The first kappa shape index (κ1) is 15.6. The van der Waals surface area contributed by atoms with Crippen LogP contribution in [0.3, 0.4) is 0 Å². The van der Waals surface area contributed by atoms with Gasteiger partial charge in [-0.1, -0.05) is 37.6 Å². The third-order valence-electron chi connectivity index (χ3n) is 3.06. The molecule has 112 valence electrons. The fraction of sp³-hybridized carbons (Fsp3) is 0.375. The summed E-state index contributed by atoms with van der Waals surface area (Å²) < 4.78 is 5.62. The summed E-state index contributed by atoms with van der Waals surface area (Å²) in [5.74, 6) is 2.44. The van der Waals surface area contributed by atoms with Gasteiger partial charge in [0.15, 0.2) is 0 Å². The predicted octanol–water partition coefficient (Wildman–Crippen LogP) is 4.70. The SMILES string of the molecule is CCOc1ccccc1Nc1nc(C(C)C)nc(Cl)c1C. The van der Waals surface area contributed by atoms with Crippen LogP contribution < -0.4 is 10.1 Å². The molecule has 1 aromatic heterocycles. The number of ether oxygens (including phenoxy) is 1. The fourth-order valence-corrected chi connectivity index (χ4v) is 2.04. The molecule has 0 bridgehead atoms. The minimum Gasteiger partial charge on any atom is -0.492 e. The molecule has 5 heteroatoms.